The Kier molecular flexibility index (Phi) is 5.83. The van der Waals surface area contributed by atoms with Crippen LogP contribution in [0.15, 0.2) is 42.5 Å². The summed E-state index contributed by atoms with van der Waals surface area (Å²) in [5.41, 5.74) is 3.48. The average Bonchev–Trinajstić information content (AvgIpc) is 3.00. The van der Waals surface area contributed by atoms with Crippen LogP contribution in [-0.4, -0.2) is 63.9 Å². The van der Waals surface area contributed by atoms with Gasteiger partial charge in [0.05, 0.1) is 0 Å². The topological polar surface area (TPSA) is 31.7 Å². The Morgan fingerprint density at radius 1 is 0.929 bits per heavy atom. The van der Waals surface area contributed by atoms with E-state index < -0.39 is 0 Å². The molecule has 0 N–H and O–H groups in total. The fourth-order valence-electron chi connectivity index (χ4n) is 4.44. The number of carbonyl (C=O) groups is 1. The fraction of sp³-hybridized carbons (Fsp3) is 0.522. The molecular weight excluding hydrogens is 348 g/mol. The molecule has 2 aromatic rings. The number of nitrogens with zero attached hydrogens (tertiary/aromatic N) is 4. The lowest BCUT2D eigenvalue weighted by Crippen LogP contribution is -2.51. The highest BCUT2D eigenvalue weighted by Crippen LogP contribution is 2.20. The van der Waals surface area contributed by atoms with E-state index >= 15 is 0 Å². The molecule has 28 heavy (non-hydrogen) atoms. The minimum absolute atomic E-state index is 0.200. The Morgan fingerprint density at radius 3 is 2.39 bits per heavy atom. The van der Waals surface area contributed by atoms with Crippen molar-refractivity contribution in [3.63, 3.8) is 0 Å². The van der Waals surface area contributed by atoms with E-state index in [2.05, 4.69) is 64.6 Å². The van der Waals surface area contributed by atoms with Crippen molar-refractivity contribution in [3.05, 3.63) is 59.4 Å². The number of hydrogen-bond donors (Lipinski definition) is 0. The molecule has 0 aliphatic carbocycles. The third-order valence-electron chi connectivity index (χ3n) is 6.11. The summed E-state index contributed by atoms with van der Waals surface area (Å²) >= 11 is 0. The van der Waals surface area contributed by atoms with Crippen molar-refractivity contribution in [2.45, 2.75) is 45.9 Å². The number of rotatable bonds is 4. The minimum Gasteiger partial charge on any atom is -0.339 e. The third-order valence-corrected chi connectivity index (χ3v) is 6.11. The van der Waals surface area contributed by atoms with Crippen LogP contribution >= 0.6 is 0 Å². The number of amides is 1. The summed E-state index contributed by atoms with van der Waals surface area (Å²) < 4.78 is 2.27. The number of benzene rings is 1. The second kappa shape index (κ2) is 8.50. The highest BCUT2D eigenvalue weighted by atomic mass is 16.2. The first-order valence-electron chi connectivity index (χ1n) is 10.6. The van der Waals surface area contributed by atoms with Gasteiger partial charge in [0.2, 0.25) is 0 Å². The summed E-state index contributed by atoms with van der Waals surface area (Å²) in [5.74, 6) is 0.200. The predicted molar refractivity (Wildman–Crippen MR) is 112 cm³/mol. The Balaban J connectivity index is 1.44. The molecule has 0 atom stereocenters. The normalized spacial score (nSPS) is 18.9. The van der Waals surface area contributed by atoms with Gasteiger partial charge in [0.25, 0.3) is 5.91 Å². The van der Waals surface area contributed by atoms with Gasteiger partial charge in [-0.15, -0.1) is 0 Å². The fourth-order valence-corrected chi connectivity index (χ4v) is 4.44. The van der Waals surface area contributed by atoms with Crippen LogP contribution in [0.5, 0.6) is 0 Å². The largest absolute Gasteiger partial charge is 0.339 e. The van der Waals surface area contributed by atoms with Gasteiger partial charge >= 0.3 is 0 Å². The summed E-state index contributed by atoms with van der Waals surface area (Å²) in [6, 6.07) is 15.4. The van der Waals surface area contributed by atoms with Crippen molar-refractivity contribution >= 4 is 5.91 Å². The molecule has 0 saturated carbocycles. The van der Waals surface area contributed by atoms with Crippen LogP contribution in [0.1, 0.15) is 42.0 Å². The summed E-state index contributed by atoms with van der Waals surface area (Å²) in [6.45, 7) is 11.9. The first-order chi connectivity index (χ1) is 13.6. The summed E-state index contributed by atoms with van der Waals surface area (Å²) in [7, 11) is 0. The summed E-state index contributed by atoms with van der Waals surface area (Å²) in [5, 5.41) is 0. The molecule has 1 aromatic carbocycles. The Hall–Kier alpha value is -2.11. The Labute approximate surface area is 168 Å². The SMILES string of the molecule is CC(C)N1CCN(C(=O)c2ccc3n2CCCN(Cc2ccccc2)C3)CC1. The molecule has 0 spiro atoms. The molecule has 2 aliphatic rings. The second-order valence-electron chi connectivity index (χ2n) is 8.33. The predicted octanol–water partition coefficient (Wildman–Crippen LogP) is 3.06. The van der Waals surface area contributed by atoms with E-state index in [-0.39, 0.29) is 5.91 Å². The molecule has 1 amide bonds. The van der Waals surface area contributed by atoms with Crippen molar-refractivity contribution in [3.8, 4) is 0 Å². The van der Waals surface area contributed by atoms with Crippen LogP contribution in [0.25, 0.3) is 0 Å². The van der Waals surface area contributed by atoms with Crippen LogP contribution < -0.4 is 0 Å². The third kappa shape index (κ3) is 4.15. The molecule has 1 saturated heterocycles. The first kappa shape index (κ1) is 19.2. The highest BCUT2D eigenvalue weighted by Gasteiger charge is 2.27. The zero-order chi connectivity index (χ0) is 19.5. The van der Waals surface area contributed by atoms with Gasteiger partial charge in [-0.1, -0.05) is 30.3 Å². The van der Waals surface area contributed by atoms with Crippen molar-refractivity contribution in [1.82, 2.24) is 19.3 Å². The van der Waals surface area contributed by atoms with Gasteiger partial charge in [-0.25, -0.2) is 0 Å². The molecule has 5 heteroatoms. The molecule has 2 aliphatic heterocycles. The molecule has 0 radical (unpaired) electrons. The van der Waals surface area contributed by atoms with E-state index in [1.165, 1.54) is 11.3 Å². The molecule has 0 unspecified atom stereocenters. The Morgan fingerprint density at radius 2 is 1.68 bits per heavy atom. The highest BCUT2D eigenvalue weighted by molar-refractivity contribution is 5.93. The quantitative estimate of drug-likeness (QED) is 0.817. The summed E-state index contributed by atoms with van der Waals surface area (Å²) in [4.78, 5) is 20.1. The molecule has 5 nitrogen and oxygen atoms in total. The monoisotopic (exact) mass is 380 g/mol. The van der Waals surface area contributed by atoms with Gasteiger partial charge in [0.15, 0.2) is 0 Å². The molecule has 0 bridgehead atoms. The zero-order valence-electron chi connectivity index (χ0n) is 17.2. The van der Waals surface area contributed by atoms with Crippen LogP contribution in [0.4, 0.5) is 0 Å². The number of carbonyl (C=O) groups excluding carboxylic acids is 1. The smallest absolute Gasteiger partial charge is 0.270 e. The maximum atomic E-state index is 13.2. The van der Waals surface area contributed by atoms with Crippen molar-refractivity contribution in [1.29, 1.82) is 0 Å². The van der Waals surface area contributed by atoms with E-state index in [0.717, 1.165) is 64.5 Å². The lowest BCUT2D eigenvalue weighted by molar-refractivity contribution is 0.0585. The minimum atomic E-state index is 0.200. The summed E-state index contributed by atoms with van der Waals surface area (Å²) in [6.07, 6.45) is 1.08. The van der Waals surface area contributed by atoms with Crippen molar-refractivity contribution in [2.24, 2.45) is 0 Å². The van der Waals surface area contributed by atoms with Gasteiger partial charge in [-0.2, -0.15) is 0 Å². The standard InChI is InChI=1S/C23H32N4O/c1-19(2)25-13-15-26(16-14-25)23(28)22-10-9-21-18-24(11-6-12-27(21)22)17-20-7-4-3-5-8-20/h3-5,7-10,19H,6,11-18H2,1-2H3. The van der Waals surface area contributed by atoms with E-state index in [1.807, 2.05) is 11.0 Å². The van der Waals surface area contributed by atoms with Crippen LogP contribution in [0.2, 0.25) is 0 Å². The Bertz CT molecular complexity index is 790. The van der Waals surface area contributed by atoms with Crippen LogP contribution in [-0.2, 0) is 19.6 Å². The van der Waals surface area contributed by atoms with Gasteiger partial charge in [-0.05, 0) is 38.0 Å². The molecular formula is C23H32N4O. The molecule has 1 aromatic heterocycles. The molecule has 3 heterocycles. The van der Waals surface area contributed by atoms with E-state index in [9.17, 15) is 4.79 Å². The molecule has 150 valence electrons. The van der Waals surface area contributed by atoms with E-state index in [1.54, 1.807) is 0 Å². The van der Waals surface area contributed by atoms with Gasteiger partial charge in [0.1, 0.15) is 5.69 Å². The number of hydrogen-bond acceptors (Lipinski definition) is 3. The van der Waals surface area contributed by atoms with Gasteiger partial charge in [-0.3, -0.25) is 14.6 Å². The van der Waals surface area contributed by atoms with Crippen LogP contribution in [0, 0.1) is 0 Å². The lowest BCUT2D eigenvalue weighted by Gasteiger charge is -2.37. The van der Waals surface area contributed by atoms with Crippen LogP contribution in [0.3, 0.4) is 0 Å². The van der Waals surface area contributed by atoms with E-state index in [0.29, 0.717) is 6.04 Å². The zero-order valence-corrected chi connectivity index (χ0v) is 17.2. The molecule has 1 fully saturated rings. The van der Waals surface area contributed by atoms with Crippen molar-refractivity contribution in [2.75, 3.05) is 32.7 Å². The van der Waals surface area contributed by atoms with Crippen molar-refractivity contribution < 1.29 is 4.79 Å². The number of fused-ring (bicyclic) bond motifs is 1. The number of aromatic nitrogens is 1. The first-order valence-corrected chi connectivity index (χ1v) is 10.6. The maximum Gasteiger partial charge on any atom is 0.270 e. The van der Waals surface area contributed by atoms with E-state index in [4.69, 9.17) is 0 Å². The lowest BCUT2D eigenvalue weighted by atomic mass is 10.2. The van der Waals surface area contributed by atoms with Gasteiger partial charge < -0.3 is 9.47 Å². The number of piperazine rings is 1. The average molecular weight is 381 g/mol. The maximum absolute atomic E-state index is 13.2. The van der Waals surface area contributed by atoms with Gasteiger partial charge in [0, 0.05) is 64.1 Å². The second-order valence-corrected chi connectivity index (χ2v) is 8.33. The molecule has 4 rings (SSSR count).